The Morgan fingerprint density at radius 3 is 2.37 bits per heavy atom. The maximum Gasteiger partial charge on any atom is 0.336 e. The van der Waals surface area contributed by atoms with Gasteiger partial charge < -0.3 is 10.1 Å². The quantitative estimate of drug-likeness (QED) is 0.309. The van der Waals surface area contributed by atoms with Gasteiger partial charge in [0.15, 0.2) is 5.78 Å². The smallest absolute Gasteiger partial charge is 0.336 e. The molecule has 3 aromatic carbocycles. The van der Waals surface area contributed by atoms with Crippen LogP contribution in [0.3, 0.4) is 0 Å². The Bertz CT molecular complexity index is 1440. The van der Waals surface area contributed by atoms with Gasteiger partial charge in [-0.25, -0.2) is 4.79 Å². The van der Waals surface area contributed by atoms with E-state index in [1.807, 2.05) is 61.5 Å². The first kappa shape index (κ1) is 26.6. The van der Waals surface area contributed by atoms with E-state index >= 15 is 0 Å². The first-order valence-electron chi connectivity index (χ1n) is 12.5. The molecule has 1 heterocycles. The van der Waals surface area contributed by atoms with Crippen LogP contribution >= 0.6 is 34.8 Å². The standard InChI is InChI=1S/C31H26Cl3NO3/c1-18-28(31(37)38-14-13-19-5-3-2-4-6-19)29(24-12-11-23(33)17-25(24)34)30-26(35-18)15-21(16-27(30)36)20-7-9-22(32)10-8-20/h2-12,17,21,29,35H,13-16H2,1H3/t21-,29-/m1/s1. The van der Waals surface area contributed by atoms with Crippen molar-refractivity contribution in [2.24, 2.45) is 0 Å². The number of esters is 1. The number of carbonyl (C=O) groups is 2. The van der Waals surface area contributed by atoms with Crippen LogP contribution in [0.25, 0.3) is 0 Å². The maximum atomic E-state index is 13.7. The summed E-state index contributed by atoms with van der Waals surface area (Å²) in [5.74, 6) is -1.16. The summed E-state index contributed by atoms with van der Waals surface area (Å²) in [6, 6.07) is 22.6. The van der Waals surface area contributed by atoms with Crippen molar-refractivity contribution in [1.82, 2.24) is 5.32 Å². The van der Waals surface area contributed by atoms with E-state index in [2.05, 4.69) is 5.32 Å². The lowest BCUT2D eigenvalue weighted by Crippen LogP contribution is -2.36. The summed E-state index contributed by atoms with van der Waals surface area (Å²) in [6.45, 7) is 2.06. The van der Waals surface area contributed by atoms with E-state index in [4.69, 9.17) is 39.5 Å². The molecule has 5 rings (SSSR count). The minimum absolute atomic E-state index is 0.000435. The van der Waals surface area contributed by atoms with Crippen LogP contribution in [0.5, 0.6) is 0 Å². The molecule has 0 unspecified atom stereocenters. The topological polar surface area (TPSA) is 55.4 Å². The van der Waals surface area contributed by atoms with Crippen LogP contribution in [0.15, 0.2) is 95.3 Å². The largest absolute Gasteiger partial charge is 0.462 e. The highest BCUT2D eigenvalue weighted by Crippen LogP contribution is 2.47. The molecule has 0 spiro atoms. The Morgan fingerprint density at radius 1 is 0.947 bits per heavy atom. The monoisotopic (exact) mass is 565 g/mol. The van der Waals surface area contributed by atoms with Crippen molar-refractivity contribution in [1.29, 1.82) is 0 Å². The molecular weight excluding hydrogens is 541 g/mol. The van der Waals surface area contributed by atoms with E-state index < -0.39 is 11.9 Å². The second kappa shape index (κ2) is 11.4. The molecule has 2 aliphatic rings. The fourth-order valence-electron chi connectivity index (χ4n) is 5.31. The summed E-state index contributed by atoms with van der Waals surface area (Å²) in [7, 11) is 0. The van der Waals surface area contributed by atoms with Crippen LogP contribution < -0.4 is 5.32 Å². The van der Waals surface area contributed by atoms with E-state index in [1.165, 1.54) is 0 Å². The molecule has 0 fully saturated rings. The van der Waals surface area contributed by atoms with Crippen LogP contribution in [-0.4, -0.2) is 18.4 Å². The molecule has 3 aromatic rings. The summed E-state index contributed by atoms with van der Waals surface area (Å²) in [4.78, 5) is 27.3. The van der Waals surface area contributed by atoms with Gasteiger partial charge in [0.25, 0.3) is 0 Å². The number of halogens is 3. The normalized spacial score (nSPS) is 19.2. The molecule has 7 heteroatoms. The summed E-state index contributed by atoms with van der Waals surface area (Å²) >= 11 is 18.9. The lowest BCUT2D eigenvalue weighted by Gasteiger charge is -2.37. The van der Waals surface area contributed by atoms with E-state index in [0.717, 1.165) is 16.8 Å². The number of hydrogen-bond acceptors (Lipinski definition) is 4. The van der Waals surface area contributed by atoms with Crippen LogP contribution in [0.2, 0.25) is 15.1 Å². The van der Waals surface area contributed by atoms with Gasteiger partial charge in [-0.1, -0.05) is 83.3 Å². The second-order valence-electron chi connectivity index (χ2n) is 9.61. The average Bonchev–Trinajstić information content (AvgIpc) is 2.89. The number of nitrogens with one attached hydrogen (secondary N) is 1. The van der Waals surface area contributed by atoms with Gasteiger partial charge >= 0.3 is 5.97 Å². The van der Waals surface area contributed by atoms with Crippen LogP contribution in [0.1, 0.15) is 48.3 Å². The van der Waals surface area contributed by atoms with Crippen molar-refractivity contribution in [3.8, 4) is 0 Å². The number of ketones is 1. The number of benzene rings is 3. The third-order valence-electron chi connectivity index (χ3n) is 7.13. The molecule has 1 N–H and O–H groups in total. The maximum absolute atomic E-state index is 13.7. The predicted octanol–water partition coefficient (Wildman–Crippen LogP) is 7.79. The van der Waals surface area contributed by atoms with Gasteiger partial charge in [0.1, 0.15) is 0 Å². The Morgan fingerprint density at radius 2 is 1.66 bits per heavy atom. The van der Waals surface area contributed by atoms with E-state index in [0.29, 0.717) is 56.7 Å². The van der Waals surface area contributed by atoms with Crippen molar-refractivity contribution in [2.45, 2.75) is 38.0 Å². The number of rotatable bonds is 6. The van der Waals surface area contributed by atoms with Gasteiger partial charge in [0.05, 0.1) is 12.2 Å². The van der Waals surface area contributed by atoms with Crippen LogP contribution in [0.4, 0.5) is 0 Å². The Kier molecular flexibility index (Phi) is 7.94. The van der Waals surface area contributed by atoms with E-state index in [-0.39, 0.29) is 18.3 Å². The summed E-state index contributed by atoms with van der Waals surface area (Å²) in [5.41, 5.74) is 5.16. The number of ether oxygens (including phenoxy) is 1. The minimum atomic E-state index is -0.654. The molecule has 0 bridgehead atoms. The zero-order valence-corrected chi connectivity index (χ0v) is 23.0. The number of hydrogen-bond donors (Lipinski definition) is 1. The second-order valence-corrected chi connectivity index (χ2v) is 10.9. The SMILES string of the molecule is CC1=C(C(=O)OCCc2ccccc2)[C@@H](c2ccc(Cl)cc2Cl)C2=C(C[C@@H](c3ccc(Cl)cc3)CC2=O)N1. The van der Waals surface area contributed by atoms with Crippen molar-refractivity contribution in [3.05, 3.63) is 127 Å². The van der Waals surface area contributed by atoms with Gasteiger partial charge in [-0.05, 0) is 60.2 Å². The molecule has 4 nitrogen and oxygen atoms in total. The molecule has 1 aliphatic heterocycles. The lowest BCUT2D eigenvalue weighted by atomic mass is 9.71. The highest BCUT2D eigenvalue weighted by molar-refractivity contribution is 6.35. The first-order chi connectivity index (χ1) is 18.3. The molecule has 0 amide bonds. The highest BCUT2D eigenvalue weighted by atomic mass is 35.5. The molecule has 38 heavy (non-hydrogen) atoms. The van der Waals surface area contributed by atoms with Crippen LogP contribution in [0, 0.1) is 0 Å². The Labute approximate surface area is 237 Å². The zero-order chi connectivity index (χ0) is 26.8. The lowest BCUT2D eigenvalue weighted by molar-refractivity contribution is -0.139. The van der Waals surface area contributed by atoms with Gasteiger partial charge in [0.2, 0.25) is 0 Å². The summed E-state index contributed by atoms with van der Waals surface area (Å²) in [6.07, 6.45) is 1.53. The number of allylic oxidation sites excluding steroid dienone is 3. The molecule has 0 aromatic heterocycles. The van der Waals surface area contributed by atoms with E-state index in [1.54, 1.807) is 18.2 Å². The van der Waals surface area contributed by atoms with Gasteiger partial charge in [0, 0.05) is 50.8 Å². The first-order valence-corrected chi connectivity index (χ1v) is 13.6. The summed E-state index contributed by atoms with van der Waals surface area (Å²) < 4.78 is 5.74. The van der Waals surface area contributed by atoms with Crippen molar-refractivity contribution in [3.63, 3.8) is 0 Å². The van der Waals surface area contributed by atoms with Gasteiger partial charge in [-0.2, -0.15) is 0 Å². The van der Waals surface area contributed by atoms with Crippen molar-refractivity contribution < 1.29 is 14.3 Å². The molecule has 1 aliphatic carbocycles. The minimum Gasteiger partial charge on any atom is -0.462 e. The third kappa shape index (κ3) is 5.54. The Hall–Kier alpha value is -3.05. The zero-order valence-electron chi connectivity index (χ0n) is 20.8. The highest BCUT2D eigenvalue weighted by Gasteiger charge is 2.42. The van der Waals surface area contributed by atoms with Crippen molar-refractivity contribution >= 4 is 46.6 Å². The fraction of sp³-hybridized carbons (Fsp3) is 0.226. The van der Waals surface area contributed by atoms with E-state index in [9.17, 15) is 9.59 Å². The number of dihydropyridines is 1. The molecule has 0 radical (unpaired) electrons. The Balaban J connectivity index is 1.49. The average molecular weight is 567 g/mol. The fourth-order valence-corrected chi connectivity index (χ4v) is 5.95. The van der Waals surface area contributed by atoms with Crippen LogP contribution in [-0.2, 0) is 20.7 Å². The summed E-state index contributed by atoms with van der Waals surface area (Å²) in [5, 5.41) is 4.90. The molecule has 0 saturated heterocycles. The number of Topliss-reactive ketones (excluding diaryl/α,β-unsaturated/α-hetero) is 1. The molecule has 194 valence electrons. The number of carbonyl (C=O) groups excluding carboxylic acids is 2. The van der Waals surface area contributed by atoms with Crippen molar-refractivity contribution in [2.75, 3.05) is 6.61 Å². The molecule has 2 atom stereocenters. The predicted molar refractivity (Wildman–Crippen MR) is 152 cm³/mol. The van der Waals surface area contributed by atoms with Gasteiger partial charge in [-0.15, -0.1) is 0 Å². The third-order valence-corrected chi connectivity index (χ3v) is 7.94. The van der Waals surface area contributed by atoms with Gasteiger partial charge in [-0.3, -0.25) is 4.79 Å². The molecule has 0 saturated carbocycles. The molecular formula is C31H26Cl3NO3.